The molecule has 1 aromatic rings. The largest absolute Gasteiger partial charge is 0.406 e. The Labute approximate surface area is 123 Å². The second-order valence-corrected chi connectivity index (χ2v) is 6.29. The summed E-state index contributed by atoms with van der Waals surface area (Å²) in [6.07, 6.45) is 2.27. The van der Waals surface area contributed by atoms with Crippen LogP contribution in [0.25, 0.3) is 0 Å². The molecule has 1 heterocycles. The molecule has 0 aliphatic rings. The van der Waals surface area contributed by atoms with Crippen molar-refractivity contribution in [2.45, 2.75) is 53.5 Å². The maximum atomic E-state index is 5.80. The van der Waals surface area contributed by atoms with Gasteiger partial charge in [0.05, 0.1) is 6.04 Å². The van der Waals surface area contributed by atoms with E-state index in [2.05, 4.69) is 48.1 Å². The van der Waals surface area contributed by atoms with Crippen molar-refractivity contribution < 1.29 is 4.42 Å². The van der Waals surface area contributed by atoms with Crippen LogP contribution in [0.1, 0.15) is 59.4 Å². The average Bonchev–Trinajstić information content (AvgIpc) is 2.86. The molecule has 1 atom stereocenters. The Balaban J connectivity index is 2.72. The lowest BCUT2D eigenvalue weighted by Crippen LogP contribution is -2.27. The highest BCUT2D eigenvalue weighted by Crippen LogP contribution is 2.19. The Hall–Kier alpha value is -1.10. The maximum Gasteiger partial charge on any atom is 0.318 e. The van der Waals surface area contributed by atoms with Gasteiger partial charge in [-0.2, -0.15) is 0 Å². The van der Waals surface area contributed by atoms with Gasteiger partial charge in [-0.1, -0.05) is 32.8 Å². The van der Waals surface area contributed by atoms with Gasteiger partial charge < -0.3 is 14.6 Å². The Morgan fingerprint density at radius 2 is 1.55 bits per heavy atom. The topological polar surface area (TPSA) is 54.2 Å². The van der Waals surface area contributed by atoms with Gasteiger partial charge in [-0.25, -0.2) is 0 Å². The molecule has 5 heteroatoms. The van der Waals surface area contributed by atoms with Gasteiger partial charge in [0.2, 0.25) is 5.89 Å². The zero-order valence-electron chi connectivity index (χ0n) is 13.8. The van der Waals surface area contributed by atoms with E-state index in [-0.39, 0.29) is 6.04 Å². The first-order valence-corrected chi connectivity index (χ1v) is 7.69. The normalized spacial score (nSPS) is 13.2. The molecular formula is C15H30N4O. The Kier molecular flexibility index (Phi) is 6.99. The molecule has 0 saturated carbocycles. The monoisotopic (exact) mass is 282 g/mol. The van der Waals surface area contributed by atoms with Gasteiger partial charge in [-0.3, -0.25) is 0 Å². The van der Waals surface area contributed by atoms with Crippen molar-refractivity contribution in [1.82, 2.24) is 15.5 Å². The van der Waals surface area contributed by atoms with Crippen LogP contribution in [0.4, 0.5) is 6.01 Å². The fourth-order valence-corrected chi connectivity index (χ4v) is 1.78. The van der Waals surface area contributed by atoms with E-state index < -0.39 is 0 Å². The molecule has 0 fully saturated rings. The number of rotatable bonds is 9. The lowest BCUT2D eigenvalue weighted by molar-refractivity contribution is 0.420. The van der Waals surface area contributed by atoms with Gasteiger partial charge in [0.1, 0.15) is 0 Å². The second kappa shape index (κ2) is 8.25. The SMILES string of the molecule is CNC(C)c1nnc(N(CCC(C)C)CCC(C)C)o1. The smallest absolute Gasteiger partial charge is 0.318 e. The molecule has 0 amide bonds. The summed E-state index contributed by atoms with van der Waals surface area (Å²) in [6, 6.07) is 0.747. The van der Waals surface area contributed by atoms with E-state index in [1.54, 1.807) is 0 Å². The highest BCUT2D eigenvalue weighted by Gasteiger charge is 2.17. The van der Waals surface area contributed by atoms with Crippen LogP contribution in [0.15, 0.2) is 4.42 Å². The van der Waals surface area contributed by atoms with Gasteiger partial charge in [0.25, 0.3) is 0 Å². The zero-order valence-corrected chi connectivity index (χ0v) is 13.8. The quantitative estimate of drug-likeness (QED) is 0.753. The van der Waals surface area contributed by atoms with Crippen LogP contribution in [0.3, 0.4) is 0 Å². The summed E-state index contributed by atoms with van der Waals surface area (Å²) in [6.45, 7) is 12.9. The third-order valence-corrected chi connectivity index (χ3v) is 3.46. The van der Waals surface area contributed by atoms with E-state index >= 15 is 0 Å². The van der Waals surface area contributed by atoms with Crippen molar-refractivity contribution >= 4 is 6.01 Å². The summed E-state index contributed by atoms with van der Waals surface area (Å²) < 4.78 is 5.80. The molecular weight excluding hydrogens is 252 g/mol. The Morgan fingerprint density at radius 3 is 2.00 bits per heavy atom. The first-order valence-electron chi connectivity index (χ1n) is 7.69. The highest BCUT2D eigenvalue weighted by atomic mass is 16.4. The van der Waals surface area contributed by atoms with Crippen molar-refractivity contribution in [2.75, 3.05) is 25.0 Å². The molecule has 20 heavy (non-hydrogen) atoms. The van der Waals surface area contributed by atoms with Crippen LogP contribution in [0.5, 0.6) is 0 Å². The van der Waals surface area contributed by atoms with Gasteiger partial charge in [-0.05, 0) is 38.6 Å². The van der Waals surface area contributed by atoms with Crippen molar-refractivity contribution in [3.05, 3.63) is 5.89 Å². The fourth-order valence-electron chi connectivity index (χ4n) is 1.78. The molecule has 1 aromatic heterocycles. The lowest BCUT2D eigenvalue weighted by atomic mass is 10.1. The molecule has 116 valence electrons. The number of hydrogen-bond acceptors (Lipinski definition) is 5. The van der Waals surface area contributed by atoms with Crippen molar-refractivity contribution in [2.24, 2.45) is 11.8 Å². The van der Waals surface area contributed by atoms with Gasteiger partial charge in [0.15, 0.2) is 0 Å². The van der Waals surface area contributed by atoms with E-state index in [1.807, 2.05) is 14.0 Å². The van der Waals surface area contributed by atoms with Crippen molar-refractivity contribution in [3.8, 4) is 0 Å². The summed E-state index contributed by atoms with van der Waals surface area (Å²) in [5, 5.41) is 11.5. The first kappa shape index (κ1) is 17.0. The summed E-state index contributed by atoms with van der Waals surface area (Å²) in [5.74, 6) is 2.01. The zero-order chi connectivity index (χ0) is 15.1. The minimum Gasteiger partial charge on any atom is -0.406 e. The van der Waals surface area contributed by atoms with E-state index in [4.69, 9.17) is 4.42 Å². The third kappa shape index (κ3) is 5.49. The fraction of sp³-hybridized carbons (Fsp3) is 0.867. The molecule has 0 saturated heterocycles. The molecule has 1 rings (SSSR count). The first-order chi connectivity index (χ1) is 9.43. The van der Waals surface area contributed by atoms with E-state index in [0.717, 1.165) is 25.9 Å². The Bertz CT molecular complexity index is 364. The van der Waals surface area contributed by atoms with Crippen LogP contribution in [-0.2, 0) is 0 Å². The summed E-state index contributed by atoms with van der Waals surface area (Å²) in [5.41, 5.74) is 0. The third-order valence-electron chi connectivity index (χ3n) is 3.46. The molecule has 0 aliphatic heterocycles. The average molecular weight is 282 g/mol. The van der Waals surface area contributed by atoms with Crippen LogP contribution >= 0.6 is 0 Å². The van der Waals surface area contributed by atoms with E-state index in [9.17, 15) is 0 Å². The molecule has 1 N–H and O–H groups in total. The minimum absolute atomic E-state index is 0.0910. The predicted molar refractivity (Wildman–Crippen MR) is 82.9 cm³/mol. The summed E-state index contributed by atoms with van der Waals surface area (Å²) in [4.78, 5) is 2.22. The van der Waals surface area contributed by atoms with Gasteiger partial charge in [-0.15, -0.1) is 5.10 Å². The summed E-state index contributed by atoms with van der Waals surface area (Å²) >= 11 is 0. The van der Waals surface area contributed by atoms with Crippen LogP contribution in [-0.4, -0.2) is 30.3 Å². The molecule has 0 spiro atoms. The van der Waals surface area contributed by atoms with Gasteiger partial charge in [0, 0.05) is 13.1 Å². The lowest BCUT2D eigenvalue weighted by Gasteiger charge is -2.22. The van der Waals surface area contributed by atoms with E-state index in [1.165, 1.54) is 0 Å². The maximum absolute atomic E-state index is 5.80. The number of hydrogen-bond donors (Lipinski definition) is 1. The number of aromatic nitrogens is 2. The minimum atomic E-state index is 0.0910. The molecule has 1 unspecified atom stereocenters. The van der Waals surface area contributed by atoms with Gasteiger partial charge >= 0.3 is 6.01 Å². The summed E-state index contributed by atoms with van der Waals surface area (Å²) in [7, 11) is 1.89. The molecule has 0 aromatic carbocycles. The second-order valence-electron chi connectivity index (χ2n) is 6.29. The highest BCUT2D eigenvalue weighted by molar-refractivity contribution is 5.24. The standard InChI is InChI=1S/C15H30N4O/c1-11(2)7-9-19(10-8-12(3)4)15-18-17-14(20-15)13(5)16-6/h11-13,16H,7-10H2,1-6H3. The van der Waals surface area contributed by atoms with Crippen LogP contribution in [0, 0.1) is 11.8 Å². The van der Waals surface area contributed by atoms with Crippen molar-refractivity contribution in [1.29, 1.82) is 0 Å². The van der Waals surface area contributed by atoms with Crippen molar-refractivity contribution in [3.63, 3.8) is 0 Å². The number of nitrogens with one attached hydrogen (secondary N) is 1. The van der Waals surface area contributed by atoms with Crippen LogP contribution < -0.4 is 10.2 Å². The Morgan fingerprint density at radius 1 is 1.00 bits per heavy atom. The molecule has 0 bridgehead atoms. The van der Waals surface area contributed by atoms with E-state index in [0.29, 0.717) is 23.7 Å². The number of anilines is 1. The molecule has 0 aliphatic carbocycles. The number of nitrogens with zero attached hydrogens (tertiary/aromatic N) is 3. The predicted octanol–water partition coefficient (Wildman–Crippen LogP) is 3.25. The molecule has 5 nitrogen and oxygen atoms in total. The molecule has 0 radical (unpaired) electrons. The van der Waals surface area contributed by atoms with Crippen LogP contribution in [0.2, 0.25) is 0 Å².